The Kier molecular flexibility index (Phi) is 5.86. The molecule has 1 rings (SSSR count). The minimum atomic E-state index is -0.0413. The molecule has 0 saturated carbocycles. The molecule has 7 heteroatoms. The molecule has 0 aromatic heterocycles. The van der Waals surface area contributed by atoms with Crippen molar-refractivity contribution in [2.45, 2.75) is 6.92 Å². The second kappa shape index (κ2) is 7.44. The van der Waals surface area contributed by atoms with Crippen LogP contribution >= 0.6 is 11.8 Å². The van der Waals surface area contributed by atoms with Gasteiger partial charge in [0.2, 0.25) is 0 Å². The molecule has 0 aliphatic heterocycles. The van der Waals surface area contributed by atoms with Gasteiger partial charge < -0.3 is 0 Å². The summed E-state index contributed by atoms with van der Waals surface area (Å²) >= 11 is 1.29. The lowest BCUT2D eigenvalue weighted by atomic mass is 10.1. The maximum atomic E-state index is 11.8. The van der Waals surface area contributed by atoms with E-state index in [-0.39, 0.29) is 11.5 Å². The molecule has 0 aliphatic rings. The predicted molar refractivity (Wildman–Crippen MR) is 72.6 cm³/mol. The molecular weight excluding hydrogens is 252 g/mol. The molecule has 0 bridgehead atoms. The minimum Gasteiger partial charge on any atom is -0.293 e. The van der Waals surface area contributed by atoms with Crippen LogP contribution < -0.4 is 0 Å². The van der Waals surface area contributed by atoms with Crippen LogP contribution in [0.4, 0.5) is 5.69 Å². The third kappa shape index (κ3) is 4.54. The van der Waals surface area contributed by atoms with Crippen LogP contribution in [0.15, 0.2) is 44.9 Å². The van der Waals surface area contributed by atoms with E-state index in [4.69, 9.17) is 0 Å². The summed E-state index contributed by atoms with van der Waals surface area (Å²) in [6, 6.07) is 6.18. The molecule has 0 spiro atoms. The largest absolute Gasteiger partial charge is 0.293 e. The molecule has 0 atom stereocenters. The number of hydrogen-bond acceptors (Lipinski definition) is 6. The van der Waals surface area contributed by atoms with Crippen molar-refractivity contribution in [1.29, 1.82) is 0 Å². The quantitative estimate of drug-likeness (QED) is 0.204. The summed E-state index contributed by atoms with van der Waals surface area (Å²) in [7, 11) is 1.52. The van der Waals surface area contributed by atoms with E-state index in [2.05, 4.69) is 20.6 Å². The number of carbonyl (C=O) groups is 1. The Bertz CT molecular complexity index is 482. The number of rotatable bonds is 5. The highest BCUT2D eigenvalue weighted by Gasteiger charge is 2.07. The zero-order chi connectivity index (χ0) is 13.4. The number of carbonyl (C=O) groups excluding carboxylic acids is 1. The lowest BCUT2D eigenvalue weighted by Crippen LogP contribution is -2.03. The normalized spacial score (nSPS) is 11.8. The van der Waals surface area contributed by atoms with Crippen molar-refractivity contribution in [3.63, 3.8) is 0 Å². The smallest absolute Gasteiger partial charge is 0.173 e. The van der Waals surface area contributed by atoms with Crippen LogP contribution in [0.5, 0.6) is 0 Å². The molecule has 0 heterocycles. The first kappa shape index (κ1) is 14.2. The summed E-state index contributed by atoms with van der Waals surface area (Å²) in [5, 5.41) is 14.2. The van der Waals surface area contributed by atoms with Gasteiger partial charge in [-0.2, -0.15) is 5.11 Å². The zero-order valence-electron chi connectivity index (χ0n) is 10.0. The fourth-order valence-electron chi connectivity index (χ4n) is 1.10. The van der Waals surface area contributed by atoms with Crippen LogP contribution in [-0.2, 0) is 0 Å². The van der Waals surface area contributed by atoms with Crippen LogP contribution in [0.3, 0.4) is 0 Å². The van der Waals surface area contributed by atoms with Gasteiger partial charge in [0, 0.05) is 5.56 Å². The van der Waals surface area contributed by atoms with Crippen molar-refractivity contribution >= 4 is 28.3 Å². The van der Waals surface area contributed by atoms with Crippen molar-refractivity contribution in [3.05, 3.63) is 34.7 Å². The van der Waals surface area contributed by atoms with Crippen LogP contribution in [-0.4, -0.2) is 23.6 Å². The summed E-state index contributed by atoms with van der Waals surface area (Å²) in [6.07, 6.45) is 0. The third-order valence-electron chi connectivity index (χ3n) is 1.98. The van der Waals surface area contributed by atoms with Crippen LogP contribution in [0, 0.1) is 4.91 Å². The Balaban J connectivity index is 2.57. The van der Waals surface area contributed by atoms with Gasteiger partial charge in [0.25, 0.3) is 0 Å². The van der Waals surface area contributed by atoms with Crippen molar-refractivity contribution in [3.8, 4) is 0 Å². The second-order valence-electron chi connectivity index (χ2n) is 3.26. The standard InChI is InChI=1S/C11H12N4O2S/c1-8(13-15-12-2)18-7-11(16)9-3-5-10(14-17)6-4-9/h3-6H,7H2,1-2H3/b13-8+,15-12?. The number of Topliss-reactive ketones (excluding diaryl/α,β-unsaturated/α-hetero) is 1. The summed E-state index contributed by atoms with van der Waals surface area (Å²) in [5.74, 6) is 0.225. The topological polar surface area (TPSA) is 83.6 Å². The SMILES string of the molecule is CN=N/N=C(\C)SCC(=O)c1ccc(N=O)cc1. The lowest BCUT2D eigenvalue weighted by Gasteiger charge is -2.00. The number of thioether (sulfide) groups is 1. The molecule has 0 unspecified atom stereocenters. The molecule has 0 fully saturated rings. The number of nitroso groups, excluding NO2 is 1. The van der Waals surface area contributed by atoms with Gasteiger partial charge in [-0.15, -0.1) is 21.8 Å². The highest BCUT2D eigenvalue weighted by Crippen LogP contribution is 2.14. The Labute approximate surface area is 109 Å². The van der Waals surface area contributed by atoms with E-state index in [0.717, 1.165) is 0 Å². The molecule has 6 nitrogen and oxygen atoms in total. The molecule has 18 heavy (non-hydrogen) atoms. The van der Waals surface area contributed by atoms with E-state index in [0.29, 0.717) is 16.3 Å². The fraction of sp³-hybridized carbons (Fsp3) is 0.273. The average Bonchev–Trinajstić information content (AvgIpc) is 2.42. The summed E-state index contributed by atoms with van der Waals surface area (Å²) < 4.78 is 0. The van der Waals surface area contributed by atoms with Crippen LogP contribution in [0.1, 0.15) is 17.3 Å². The highest BCUT2D eigenvalue weighted by molar-refractivity contribution is 8.14. The van der Waals surface area contributed by atoms with E-state index in [1.807, 2.05) is 0 Å². The van der Waals surface area contributed by atoms with E-state index in [1.54, 1.807) is 19.1 Å². The Morgan fingerprint density at radius 2 is 1.94 bits per heavy atom. The second-order valence-corrected chi connectivity index (χ2v) is 4.43. The van der Waals surface area contributed by atoms with Gasteiger partial charge in [-0.1, -0.05) is 0 Å². The Morgan fingerprint density at radius 1 is 1.28 bits per heavy atom. The molecule has 0 aliphatic carbocycles. The maximum Gasteiger partial charge on any atom is 0.173 e. The summed E-state index contributed by atoms with van der Waals surface area (Å²) in [6.45, 7) is 1.76. The maximum absolute atomic E-state index is 11.8. The number of ketones is 1. The van der Waals surface area contributed by atoms with Crippen LogP contribution in [0.2, 0.25) is 0 Å². The number of nitrogens with zero attached hydrogens (tertiary/aromatic N) is 4. The molecular formula is C11H12N4O2S. The monoisotopic (exact) mass is 264 g/mol. The van der Waals surface area contributed by atoms with Gasteiger partial charge in [-0.3, -0.25) is 4.79 Å². The van der Waals surface area contributed by atoms with Gasteiger partial charge in [-0.25, -0.2) is 0 Å². The van der Waals surface area contributed by atoms with E-state index in [9.17, 15) is 9.70 Å². The van der Waals surface area contributed by atoms with Gasteiger partial charge in [0.05, 0.1) is 17.8 Å². The minimum absolute atomic E-state index is 0.0413. The fourth-order valence-corrected chi connectivity index (χ4v) is 1.70. The summed E-state index contributed by atoms with van der Waals surface area (Å²) in [4.78, 5) is 22.0. The molecule has 1 aromatic rings. The van der Waals surface area contributed by atoms with Crippen LogP contribution in [0.25, 0.3) is 0 Å². The van der Waals surface area contributed by atoms with E-state index >= 15 is 0 Å². The molecule has 0 N–H and O–H groups in total. The predicted octanol–water partition coefficient (Wildman–Crippen LogP) is 3.42. The van der Waals surface area contributed by atoms with Crippen molar-refractivity contribution in [2.75, 3.05) is 12.8 Å². The van der Waals surface area contributed by atoms with Gasteiger partial charge in [0.1, 0.15) is 5.69 Å². The van der Waals surface area contributed by atoms with Gasteiger partial charge >= 0.3 is 0 Å². The van der Waals surface area contributed by atoms with Crippen molar-refractivity contribution in [1.82, 2.24) is 0 Å². The first-order valence-corrected chi connectivity index (χ1v) is 6.08. The zero-order valence-corrected chi connectivity index (χ0v) is 10.8. The lowest BCUT2D eigenvalue weighted by molar-refractivity contribution is 0.102. The molecule has 0 radical (unpaired) electrons. The first-order valence-electron chi connectivity index (χ1n) is 5.10. The van der Waals surface area contributed by atoms with Crippen molar-refractivity contribution in [2.24, 2.45) is 20.6 Å². The molecule has 1 aromatic carbocycles. The molecule has 0 amide bonds. The average molecular weight is 264 g/mol. The summed E-state index contributed by atoms with van der Waals surface area (Å²) in [5.41, 5.74) is 0.847. The van der Waals surface area contributed by atoms with Crippen molar-refractivity contribution < 1.29 is 4.79 Å². The van der Waals surface area contributed by atoms with Gasteiger partial charge in [-0.05, 0) is 41.6 Å². The first-order chi connectivity index (χ1) is 8.67. The third-order valence-corrected chi connectivity index (χ3v) is 2.89. The van der Waals surface area contributed by atoms with E-state index < -0.39 is 0 Å². The number of hydrogen-bond donors (Lipinski definition) is 0. The Morgan fingerprint density at radius 3 is 2.50 bits per heavy atom. The molecule has 94 valence electrons. The van der Waals surface area contributed by atoms with E-state index in [1.165, 1.54) is 30.9 Å². The van der Waals surface area contributed by atoms with Gasteiger partial charge in [0.15, 0.2) is 5.78 Å². The Hall–Kier alpha value is -1.89. The highest BCUT2D eigenvalue weighted by atomic mass is 32.2. The molecule has 0 saturated heterocycles. The number of benzene rings is 1.